The lowest BCUT2D eigenvalue weighted by Gasteiger charge is -2.29. The highest BCUT2D eigenvalue weighted by Crippen LogP contribution is 2.08. The fraction of sp³-hybridized carbons (Fsp3) is 0.385. The minimum Gasteiger partial charge on any atom is -0.480 e. The molecule has 0 bridgehead atoms. The van der Waals surface area contributed by atoms with Crippen molar-refractivity contribution < 1.29 is 14.7 Å². The van der Waals surface area contributed by atoms with Crippen LogP contribution in [0.2, 0.25) is 0 Å². The molecule has 0 saturated carbocycles. The van der Waals surface area contributed by atoms with Crippen LogP contribution in [0.5, 0.6) is 0 Å². The van der Waals surface area contributed by atoms with Crippen molar-refractivity contribution >= 4 is 11.9 Å². The molecule has 2 atom stereocenters. The molecule has 1 heterocycles. The summed E-state index contributed by atoms with van der Waals surface area (Å²) >= 11 is 0. The lowest BCUT2D eigenvalue weighted by Crippen LogP contribution is -2.58. The Bertz CT molecular complexity index is 433. The standard InChI is InChI=1S/C13H16N2O3/c16-12-8-10(13(17)18)14-11(15-12)7-6-9-4-2-1-3-5-9/h1-5,10-11,14H,6-8H2,(H,15,16)(H,17,18)/t10-,11?/m0/s1. The first-order valence-corrected chi connectivity index (χ1v) is 5.97. The number of rotatable bonds is 4. The second kappa shape index (κ2) is 5.64. The Morgan fingerprint density at radius 2 is 2.06 bits per heavy atom. The molecule has 5 heteroatoms. The summed E-state index contributed by atoms with van der Waals surface area (Å²) in [5.41, 5.74) is 1.17. The summed E-state index contributed by atoms with van der Waals surface area (Å²) in [6.07, 6.45) is 1.20. The summed E-state index contributed by atoms with van der Waals surface area (Å²) in [4.78, 5) is 22.3. The Morgan fingerprint density at radius 1 is 1.33 bits per heavy atom. The van der Waals surface area contributed by atoms with E-state index in [0.29, 0.717) is 6.42 Å². The topological polar surface area (TPSA) is 78.4 Å². The van der Waals surface area contributed by atoms with Crippen molar-refractivity contribution in [3.05, 3.63) is 35.9 Å². The van der Waals surface area contributed by atoms with Gasteiger partial charge in [-0.15, -0.1) is 0 Å². The Hall–Kier alpha value is -1.88. The summed E-state index contributed by atoms with van der Waals surface area (Å²) in [6.45, 7) is 0. The average molecular weight is 248 g/mol. The minimum absolute atomic E-state index is 0.00281. The van der Waals surface area contributed by atoms with Crippen molar-refractivity contribution in [3.8, 4) is 0 Å². The Morgan fingerprint density at radius 3 is 2.72 bits per heavy atom. The average Bonchev–Trinajstić information content (AvgIpc) is 2.37. The summed E-state index contributed by atoms with van der Waals surface area (Å²) in [5, 5.41) is 14.6. The zero-order chi connectivity index (χ0) is 13.0. The number of carboxylic acid groups (broad SMARTS) is 1. The first-order chi connectivity index (χ1) is 8.65. The van der Waals surface area contributed by atoms with Gasteiger partial charge in [0.15, 0.2) is 0 Å². The van der Waals surface area contributed by atoms with Crippen molar-refractivity contribution in [2.75, 3.05) is 0 Å². The zero-order valence-electron chi connectivity index (χ0n) is 9.93. The van der Waals surface area contributed by atoms with E-state index < -0.39 is 12.0 Å². The first kappa shape index (κ1) is 12.6. The third-order valence-electron chi connectivity index (χ3n) is 2.99. The zero-order valence-corrected chi connectivity index (χ0v) is 9.93. The maximum Gasteiger partial charge on any atom is 0.321 e. The van der Waals surface area contributed by atoms with Crippen LogP contribution in [0.4, 0.5) is 0 Å². The third kappa shape index (κ3) is 3.30. The van der Waals surface area contributed by atoms with Crippen molar-refractivity contribution in [1.82, 2.24) is 10.6 Å². The fourth-order valence-electron chi connectivity index (χ4n) is 2.05. The largest absolute Gasteiger partial charge is 0.480 e. The van der Waals surface area contributed by atoms with Gasteiger partial charge in [0.2, 0.25) is 5.91 Å². The van der Waals surface area contributed by atoms with Crippen LogP contribution in [0, 0.1) is 0 Å². The number of aliphatic carboxylic acids is 1. The van der Waals surface area contributed by atoms with E-state index in [0.717, 1.165) is 6.42 Å². The smallest absolute Gasteiger partial charge is 0.321 e. The number of nitrogens with one attached hydrogen (secondary N) is 2. The summed E-state index contributed by atoms with van der Waals surface area (Å²) in [7, 11) is 0. The van der Waals surface area contributed by atoms with Gasteiger partial charge in [0.25, 0.3) is 0 Å². The monoisotopic (exact) mass is 248 g/mol. The number of hydrogen-bond donors (Lipinski definition) is 3. The Labute approximate surface area is 105 Å². The third-order valence-corrected chi connectivity index (χ3v) is 2.99. The SMILES string of the molecule is O=C1C[C@@H](C(=O)O)NC(CCc2ccccc2)N1. The van der Waals surface area contributed by atoms with Gasteiger partial charge in [-0.25, -0.2) is 0 Å². The minimum atomic E-state index is -0.977. The molecule has 1 aromatic carbocycles. The van der Waals surface area contributed by atoms with E-state index in [1.54, 1.807) is 0 Å². The predicted octanol–water partition coefficient (Wildman–Crippen LogP) is 0.508. The van der Waals surface area contributed by atoms with Gasteiger partial charge in [0.05, 0.1) is 12.6 Å². The molecule has 1 saturated heterocycles. The van der Waals surface area contributed by atoms with Crippen molar-refractivity contribution in [1.29, 1.82) is 0 Å². The lowest BCUT2D eigenvalue weighted by molar-refractivity contribution is -0.143. The van der Waals surface area contributed by atoms with Crippen LogP contribution < -0.4 is 10.6 Å². The molecule has 2 rings (SSSR count). The highest BCUT2D eigenvalue weighted by atomic mass is 16.4. The van der Waals surface area contributed by atoms with E-state index >= 15 is 0 Å². The van der Waals surface area contributed by atoms with Crippen LogP contribution >= 0.6 is 0 Å². The van der Waals surface area contributed by atoms with Crippen LogP contribution in [0.1, 0.15) is 18.4 Å². The van der Waals surface area contributed by atoms with Gasteiger partial charge in [0.1, 0.15) is 6.04 Å². The van der Waals surface area contributed by atoms with E-state index in [1.807, 2.05) is 30.3 Å². The molecule has 1 aliphatic rings. The van der Waals surface area contributed by atoms with E-state index in [9.17, 15) is 9.59 Å². The van der Waals surface area contributed by atoms with Crippen molar-refractivity contribution in [3.63, 3.8) is 0 Å². The Balaban J connectivity index is 1.89. The van der Waals surface area contributed by atoms with Crippen LogP contribution in [0.15, 0.2) is 30.3 Å². The van der Waals surface area contributed by atoms with Crippen molar-refractivity contribution in [2.45, 2.75) is 31.5 Å². The molecule has 1 aromatic rings. The lowest BCUT2D eigenvalue weighted by atomic mass is 10.1. The molecule has 1 aliphatic heterocycles. The number of carboxylic acids is 1. The van der Waals surface area contributed by atoms with Gasteiger partial charge in [-0.2, -0.15) is 0 Å². The molecule has 0 radical (unpaired) electrons. The summed E-state index contributed by atoms with van der Waals surface area (Å²) < 4.78 is 0. The molecule has 5 nitrogen and oxygen atoms in total. The molecule has 96 valence electrons. The normalized spacial score (nSPS) is 23.4. The van der Waals surface area contributed by atoms with E-state index in [1.165, 1.54) is 5.56 Å². The maximum atomic E-state index is 11.4. The summed E-state index contributed by atoms with van der Waals surface area (Å²) in [5.74, 6) is -1.19. The number of amides is 1. The van der Waals surface area contributed by atoms with E-state index in [2.05, 4.69) is 10.6 Å². The fourth-order valence-corrected chi connectivity index (χ4v) is 2.05. The molecule has 18 heavy (non-hydrogen) atoms. The van der Waals surface area contributed by atoms with Crippen molar-refractivity contribution in [2.24, 2.45) is 0 Å². The van der Waals surface area contributed by atoms with Gasteiger partial charge >= 0.3 is 5.97 Å². The van der Waals surface area contributed by atoms with E-state index in [-0.39, 0.29) is 18.5 Å². The highest BCUT2D eigenvalue weighted by Gasteiger charge is 2.29. The second-order valence-corrected chi connectivity index (χ2v) is 4.41. The molecule has 0 aromatic heterocycles. The number of aryl methyl sites for hydroxylation is 1. The molecule has 1 fully saturated rings. The first-order valence-electron chi connectivity index (χ1n) is 5.97. The number of carbonyl (C=O) groups is 2. The van der Waals surface area contributed by atoms with Gasteiger partial charge in [-0.05, 0) is 18.4 Å². The van der Waals surface area contributed by atoms with Gasteiger partial charge in [-0.1, -0.05) is 30.3 Å². The predicted molar refractivity (Wildman–Crippen MR) is 65.9 cm³/mol. The Kier molecular flexibility index (Phi) is 3.94. The number of benzene rings is 1. The molecular formula is C13H16N2O3. The molecule has 1 unspecified atom stereocenters. The molecule has 0 spiro atoms. The maximum absolute atomic E-state index is 11.4. The molecule has 0 aliphatic carbocycles. The van der Waals surface area contributed by atoms with Crippen LogP contribution in [-0.2, 0) is 16.0 Å². The van der Waals surface area contributed by atoms with Gasteiger partial charge in [0, 0.05) is 0 Å². The van der Waals surface area contributed by atoms with E-state index in [4.69, 9.17) is 5.11 Å². The molecule has 3 N–H and O–H groups in total. The highest BCUT2D eigenvalue weighted by molar-refractivity contribution is 5.85. The quantitative estimate of drug-likeness (QED) is 0.725. The number of carbonyl (C=O) groups excluding carboxylic acids is 1. The molecule has 1 amide bonds. The van der Waals surface area contributed by atoms with Gasteiger partial charge in [-0.3, -0.25) is 14.9 Å². The molecular weight excluding hydrogens is 232 g/mol. The second-order valence-electron chi connectivity index (χ2n) is 4.41. The van der Waals surface area contributed by atoms with Crippen LogP contribution in [0.25, 0.3) is 0 Å². The number of hydrogen-bond acceptors (Lipinski definition) is 3. The van der Waals surface area contributed by atoms with Crippen LogP contribution in [-0.4, -0.2) is 29.2 Å². The van der Waals surface area contributed by atoms with Crippen LogP contribution in [0.3, 0.4) is 0 Å². The summed E-state index contributed by atoms with van der Waals surface area (Å²) in [6, 6.07) is 9.12. The van der Waals surface area contributed by atoms with Gasteiger partial charge < -0.3 is 10.4 Å².